The molecule has 0 saturated heterocycles. The maximum absolute atomic E-state index is 9.17. The van der Waals surface area contributed by atoms with Crippen LogP contribution in [-0.4, -0.2) is 39.5 Å². The summed E-state index contributed by atoms with van der Waals surface area (Å²) in [5, 5.41) is 15.0. The van der Waals surface area contributed by atoms with E-state index in [1.807, 2.05) is 17.8 Å². The number of aliphatic hydroxyl groups is 1. The Bertz CT molecular complexity index is 521. The fourth-order valence-electron chi connectivity index (χ4n) is 2.41. The zero-order valence-corrected chi connectivity index (χ0v) is 11.8. The van der Waals surface area contributed by atoms with Crippen molar-refractivity contribution in [3.8, 4) is 0 Å². The molecule has 0 atom stereocenters. The minimum Gasteiger partial charge on any atom is -0.395 e. The van der Waals surface area contributed by atoms with Gasteiger partial charge in [0.15, 0.2) is 0 Å². The van der Waals surface area contributed by atoms with Crippen LogP contribution in [0, 0.1) is 0 Å². The molecular formula is C15H23N3O. The number of hydrogen-bond acceptors (Lipinski definition) is 3. The molecule has 0 saturated carbocycles. The van der Waals surface area contributed by atoms with Crippen molar-refractivity contribution in [2.24, 2.45) is 7.05 Å². The topological polar surface area (TPSA) is 41.3 Å². The lowest BCUT2D eigenvalue weighted by Crippen LogP contribution is -2.27. The molecule has 1 aromatic carbocycles. The van der Waals surface area contributed by atoms with E-state index in [-0.39, 0.29) is 6.61 Å². The molecule has 4 heteroatoms. The molecule has 0 unspecified atom stereocenters. The molecule has 0 radical (unpaired) electrons. The summed E-state index contributed by atoms with van der Waals surface area (Å²) in [7, 11) is 1.98. The number of unbranched alkanes of at least 4 members (excludes halogenated alkanes) is 1. The summed E-state index contributed by atoms with van der Waals surface area (Å²) in [5.41, 5.74) is 2.26. The molecule has 0 spiro atoms. The Morgan fingerprint density at radius 2 is 2.05 bits per heavy atom. The Morgan fingerprint density at radius 3 is 2.79 bits per heavy atom. The van der Waals surface area contributed by atoms with Gasteiger partial charge in [-0.3, -0.25) is 9.58 Å². The standard InChI is InChI=1S/C15H23N3O/c1-3-4-9-18(10-11-19)12-14-13-7-5-6-8-15(13)17(2)16-14/h5-8,19H,3-4,9-12H2,1-2H3. The van der Waals surface area contributed by atoms with Crippen molar-refractivity contribution >= 4 is 10.9 Å². The van der Waals surface area contributed by atoms with E-state index in [1.165, 1.54) is 11.8 Å². The van der Waals surface area contributed by atoms with Crippen LogP contribution in [0.4, 0.5) is 0 Å². The molecule has 0 fully saturated rings. The van der Waals surface area contributed by atoms with E-state index in [2.05, 4.69) is 35.1 Å². The van der Waals surface area contributed by atoms with E-state index < -0.39 is 0 Å². The van der Waals surface area contributed by atoms with Gasteiger partial charge in [0.05, 0.1) is 17.8 Å². The van der Waals surface area contributed by atoms with E-state index in [9.17, 15) is 0 Å². The van der Waals surface area contributed by atoms with Crippen molar-refractivity contribution in [1.82, 2.24) is 14.7 Å². The van der Waals surface area contributed by atoms with Gasteiger partial charge in [-0.05, 0) is 19.0 Å². The van der Waals surface area contributed by atoms with E-state index in [4.69, 9.17) is 5.11 Å². The van der Waals surface area contributed by atoms with Gasteiger partial charge in [-0.25, -0.2) is 0 Å². The highest BCUT2D eigenvalue weighted by Crippen LogP contribution is 2.18. The van der Waals surface area contributed by atoms with E-state index in [0.717, 1.165) is 30.7 Å². The Balaban J connectivity index is 2.18. The predicted octanol–water partition coefficient (Wildman–Crippen LogP) is 2.17. The Hall–Kier alpha value is -1.39. The van der Waals surface area contributed by atoms with Gasteiger partial charge in [0.25, 0.3) is 0 Å². The van der Waals surface area contributed by atoms with Crippen LogP contribution in [-0.2, 0) is 13.6 Å². The van der Waals surface area contributed by atoms with Crippen molar-refractivity contribution in [2.75, 3.05) is 19.7 Å². The molecule has 0 amide bonds. The first-order valence-electron chi connectivity index (χ1n) is 7.00. The van der Waals surface area contributed by atoms with Crippen LogP contribution in [0.2, 0.25) is 0 Å². The summed E-state index contributed by atoms with van der Waals surface area (Å²) >= 11 is 0. The maximum Gasteiger partial charge on any atom is 0.0843 e. The number of rotatable bonds is 7. The summed E-state index contributed by atoms with van der Waals surface area (Å²) in [6, 6.07) is 8.30. The number of nitrogens with zero attached hydrogens (tertiary/aromatic N) is 3. The second-order valence-electron chi connectivity index (χ2n) is 4.94. The Kier molecular flexibility index (Phi) is 4.93. The van der Waals surface area contributed by atoms with Crippen LogP contribution < -0.4 is 0 Å². The quantitative estimate of drug-likeness (QED) is 0.830. The van der Waals surface area contributed by atoms with Gasteiger partial charge in [-0.2, -0.15) is 5.10 Å². The number of aromatic nitrogens is 2. The molecule has 2 rings (SSSR count). The van der Waals surface area contributed by atoms with Crippen molar-refractivity contribution in [2.45, 2.75) is 26.3 Å². The number of aryl methyl sites for hydroxylation is 1. The van der Waals surface area contributed by atoms with Crippen molar-refractivity contribution in [3.05, 3.63) is 30.0 Å². The monoisotopic (exact) mass is 261 g/mol. The summed E-state index contributed by atoms with van der Waals surface area (Å²) in [6.45, 7) is 4.93. The third-order valence-corrected chi connectivity index (χ3v) is 3.45. The van der Waals surface area contributed by atoms with E-state index in [0.29, 0.717) is 6.54 Å². The maximum atomic E-state index is 9.17. The minimum atomic E-state index is 0.203. The second kappa shape index (κ2) is 6.68. The fraction of sp³-hybridized carbons (Fsp3) is 0.533. The molecule has 104 valence electrons. The molecule has 0 aliphatic heterocycles. The molecule has 2 aromatic rings. The molecule has 4 nitrogen and oxygen atoms in total. The largest absolute Gasteiger partial charge is 0.395 e. The van der Waals surface area contributed by atoms with Crippen molar-refractivity contribution < 1.29 is 5.11 Å². The number of fused-ring (bicyclic) bond motifs is 1. The zero-order valence-electron chi connectivity index (χ0n) is 11.8. The van der Waals surface area contributed by atoms with E-state index in [1.54, 1.807) is 0 Å². The van der Waals surface area contributed by atoms with Crippen LogP contribution >= 0.6 is 0 Å². The van der Waals surface area contributed by atoms with Gasteiger partial charge in [-0.1, -0.05) is 31.5 Å². The lowest BCUT2D eigenvalue weighted by Gasteiger charge is -2.19. The van der Waals surface area contributed by atoms with Crippen LogP contribution in [0.15, 0.2) is 24.3 Å². The first-order chi connectivity index (χ1) is 9.26. The number of hydrogen-bond donors (Lipinski definition) is 1. The summed E-state index contributed by atoms with van der Waals surface area (Å²) in [4.78, 5) is 2.28. The zero-order chi connectivity index (χ0) is 13.7. The average molecular weight is 261 g/mol. The van der Waals surface area contributed by atoms with Crippen LogP contribution in [0.25, 0.3) is 10.9 Å². The molecule has 1 N–H and O–H groups in total. The van der Waals surface area contributed by atoms with Crippen LogP contribution in [0.1, 0.15) is 25.5 Å². The van der Waals surface area contributed by atoms with E-state index >= 15 is 0 Å². The first kappa shape index (κ1) is 14.0. The summed E-state index contributed by atoms with van der Waals surface area (Å²) in [6.07, 6.45) is 2.33. The molecule has 19 heavy (non-hydrogen) atoms. The lowest BCUT2D eigenvalue weighted by atomic mass is 10.2. The number of para-hydroxylation sites is 1. The van der Waals surface area contributed by atoms with Gasteiger partial charge in [0.1, 0.15) is 0 Å². The highest BCUT2D eigenvalue weighted by molar-refractivity contribution is 5.81. The third-order valence-electron chi connectivity index (χ3n) is 3.45. The SMILES string of the molecule is CCCCN(CCO)Cc1nn(C)c2ccccc12. The smallest absolute Gasteiger partial charge is 0.0843 e. The first-order valence-corrected chi connectivity index (χ1v) is 7.00. The normalized spacial score (nSPS) is 11.6. The molecule has 0 bridgehead atoms. The van der Waals surface area contributed by atoms with Gasteiger partial charge in [0, 0.05) is 25.5 Å². The van der Waals surface area contributed by atoms with Crippen molar-refractivity contribution in [1.29, 1.82) is 0 Å². The van der Waals surface area contributed by atoms with Gasteiger partial charge in [0.2, 0.25) is 0 Å². The summed E-state index contributed by atoms with van der Waals surface area (Å²) in [5.74, 6) is 0. The fourth-order valence-corrected chi connectivity index (χ4v) is 2.41. The van der Waals surface area contributed by atoms with Crippen LogP contribution in [0.5, 0.6) is 0 Å². The Morgan fingerprint density at radius 1 is 1.26 bits per heavy atom. The predicted molar refractivity (Wildman–Crippen MR) is 78.0 cm³/mol. The third kappa shape index (κ3) is 3.33. The highest BCUT2D eigenvalue weighted by atomic mass is 16.3. The van der Waals surface area contributed by atoms with Gasteiger partial charge in [-0.15, -0.1) is 0 Å². The molecule has 0 aliphatic rings. The number of aliphatic hydroxyl groups excluding tert-OH is 1. The molecule has 1 aromatic heterocycles. The van der Waals surface area contributed by atoms with Crippen LogP contribution in [0.3, 0.4) is 0 Å². The average Bonchev–Trinajstić information content (AvgIpc) is 2.74. The molecular weight excluding hydrogens is 238 g/mol. The Labute approximate surface area is 114 Å². The van der Waals surface area contributed by atoms with Crippen molar-refractivity contribution in [3.63, 3.8) is 0 Å². The lowest BCUT2D eigenvalue weighted by molar-refractivity contribution is 0.187. The highest BCUT2D eigenvalue weighted by Gasteiger charge is 2.12. The number of benzene rings is 1. The van der Waals surface area contributed by atoms with Gasteiger partial charge >= 0.3 is 0 Å². The van der Waals surface area contributed by atoms with Gasteiger partial charge < -0.3 is 5.11 Å². The second-order valence-corrected chi connectivity index (χ2v) is 4.94. The molecule has 0 aliphatic carbocycles. The summed E-state index contributed by atoms with van der Waals surface area (Å²) < 4.78 is 1.93. The molecule has 1 heterocycles. The minimum absolute atomic E-state index is 0.203.